The number of ether oxygens (including phenoxy) is 2. The summed E-state index contributed by atoms with van der Waals surface area (Å²) in [7, 11) is 0. The molecule has 1 aromatic heterocycles. The van der Waals surface area contributed by atoms with E-state index in [2.05, 4.69) is 218 Å². The SMILES string of the molecule is Cc1cc2c(cc1N1B3c4c(cc(N(c5ccccc5)c5ccccc5)cc4-n4c5ccc(C(C)(C)C)cc5c5cc(C(C)(C)C)cc3c54)-c3cc4c(cc31)Oc1ccccc1O4)C(C)(C)CCC2(C)C. The Bertz CT molecular complexity index is 3660. The number of para-hydroxylation sites is 4. The normalized spacial score (nSPS) is 15.8. The van der Waals surface area contributed by atoms with Crippen LogP contribution in [0.3, 0.4) is 0 Å². The maximum Gasteiger partial charge on any atom is 0.333 e. The van der Waals surface area contributed by atoms with Crippen molar-refractivity contribution in [1.82, 2.24) is 4.57 Å². The molecule has 3 aliphatic heterocycles. The van der Waals surface area contributed by atoms with E-state index in [1.54, 1.807) is 0 Å². The molecule has 13 rings (SSSR count). The van der Waals surface area contributed by atoms with Gasteiger partial charge in [0.15, 0.2) is 23.0 Å². The van der Waals surface area contributed by atoms with Gasteiger partial charge in [-0.2, -0.15) is 0 Å². The maximum absolute atomic E-state index is 6.87. The number of nitrogens with zero attached hydrogens (tertiary/aromatic N) is 3. The van der Waals surface area contributed by atoms with Gasteiger partial charge < -0.3 is 23.8 Å². The molecular formula is C65H62BN3O2. The quantitative estimate of drug-likeness (QED) is 0.165. The lowest BCUT2D eigenvalue weighted by Crippen LogP contribution is -2.61. The zero-order chi connectivity index (χ0) is 49.1. The van der Waals surface area contributed by atoms with E-state index in [0.29, 0.717) is 11.5 Å². The van der Waals surface area contributed by atoms with Crippen molar-refractivity contribution >= 4 is 68.0 Å². The Morgan fingerprint density at radius 3 is 1.70 bits per heavy atom. The summed E-state index contributed by atoms with van der Waals surface area (Å²) in [6.07, 6.45) is 2.29. The molecule has 0 N–H and O–H groups in total. The number of fused-ring (bicyclic) bond motifs is 10. The largest absolute Gasteiger partial charge is 0.449 e. The van der Waals surface area contributed by atoms with Crippen molar-refractivity contribution in [3.63, 3.8) is 0 Å². The van der Waals surface area contributed by atoms with Crippen molar-refractivity contribution in [2.45, 2.75) is 111 Å². The van der Waals surface area contributed by atoms with Crippen LogP contribution in [0.25, 0.3) is 38.6 Å². The summed E-state index contributed by atoms with van der Waals surface area (Å²) < 4.78 is 16.3. The van der Waals surface area contributed by atoms with E-state index in [0.717, 1.165) is 52.7 Å². The molecular weight excluding hydrogens is 866 g/mol. The summed E-state index contributed by atoms with van der Waals surface area (Å²) >= 11 is 0. The van der Waals surface area contributed by atoms with Gasteiger partial charge in [-0.15, -0.1) is 0 Å². The molecule has 8 aromatic carbocycles. The van der Waals surface area contributed by atoms with Crippen LogP contribution in [0.15, 0.2) is 152 Å². The molecule has 6 heteroatoms. The molecule has 0 bridgehead atoms. The summed E-state index contributed by atoms with van der Waals surface area (Å²) in [5, 5.41) is 2.58. The van der Waals surface area contributed by atoms with Crippen molar-refractivity contribution < 1.29 is 9.47 Å². The lowest BCUT2D eigenvalue weighted by atomic mass is 9.43. The van der Waals surface area contributed by atoms with Crippen molar-refractivity contribution in [3.05, 3.63) is 179 Å². The average Bonchev–Trinajstić information content (AvgIpc) is 3.67. The Hall–Kier alpha value is -7.18. The van der Waals surface area contributed by atoms with Gasteiger partial charge >= 0.3 is 6.85 Å². The molecule has 0 atom stereocenters. The lowest BCUT2D eigenvalue weighted by molar-refractivity contribution is 0.332. The van der Waals surface area contributed by atoms with Crippen LogP contribution in [0.4, 0.5) is 28.4 Å². The fourth-order valence-corrected chi connectivity index (χ4v) is 12.4. The summed E-state index contributed by atoms with van der Waals surface area (Å²) in [4.78, 5) is 5.12. The Morgan fingerprint density at radius 2 is 1.08 bits per heavy atom. The molecule has 0 saturated heterocycles. The monoisotopic (exact) mass is 927 g/mol. The van der Waals surface area contributed by atoms with Crippen LogP contribution in [-0.4, -0.2) is 11.4 Å². The number of aryl methyl sites for hydroxylation is 1. The van der Waals surface area contributed by atoms with Crippen LogP contribution < -0.4 is 30.1 Å². The first-order valence-corrected chi connectivity index (χ1v) is 25.7. The highest BCUT2D eigenvalue weighted by molar-refractivity contribution is 6.93. The third-order valence-electron chi connectivity index (χ3n) is 16.4. The van der Waals surface area contributed by atoms with E-state index in [4.69, 9.17) is 9.47 Å². The van der Waals surface area contributed by atoms with E-state index in [9.17, 15) is 0 Å². The zero-order valence-electron chi connectivity index (χ0n) is 43.1. The molecule has 9 aromatic rings. The van der Waals surface area contributed by atoms with Crippen molar-refractivity contribution in [3.8, 4) is 39.8 Å². The van der Waals surface area contributed by atoms with Gasteiger partial charge in [-0.05, 0) is 165 Å². The van der Waals surface area contributed by atoms with Gasteiger partial charge in [-0.1, -0.05) is 136 Å². The maximum atomic E-state index is 6.87. The molecule has 5 nitrogen and oxygen atoms in total. The van der Waals surface area contributed by atoms with E-state index in [1.807, 2.05) is 24.3 Å². The minimum Gasteiger partial charge on any atom is -0.449 e. The number of anilines is 5. The molecule has 0 fully saturated rings. The second-order valence-corrected chi connectivity index (χ2v) is 24.2. The van der Waals surface area contributed by atoms with E-state index < -0.39 is 0 Å². The highest BCUT2D eigenvalue weighted by Gasteiger charge is 2.47. The summed E-state index contributed by atoms with van der Waals surface area (Å²) in [5.74, 6) is 2.87. The highest BCUT2D eigenvalue weighted by Crippen LogP contribution is 2.56. The zero-order valence-corrected chi connectivity index (χ0v) is 43.1. The summed E-state index contributed by atoms with van der Waals surface area (Å²) in [6, 6.07) is 56.6. The smallest absolute Gasteiger partial charge is 0.333 e. The van der Waals surface area contributed by atoms with Crippen molar-refractivity contribution in [1.29, 1.82) is 0 Å². The third-order valence-corrected chi connectivity index (χ3v) is 16.4. The Kier molecular flexibility index (Phi) is 9.21. The number of benzene rings is 8. The highest BCUT2D eigenvalue weighted by atomic mass is 16.6. The standard InChI is InChI=1S/C65H62BN3O2/c1-39-30-49-50(65(10,11)29-28-64(49,8)9)37-53(39)69-54-38-59-58(70-56-24-18-19-25-57(56)71-59)36-46(54)47-34-44(67(42-20-14-12-15-21-42)43-22-16-13-17-23-43)35-55-60(47)66(69)51-33-41(63(5,6)7)32-48-45-31-40(62(2,3)4)26-27-52(45)68(55)61(48)51/h12-27,30-38H,28-29H2,1-11H3. The van der Waals surface area contributed by atoms with Crippen molar-refractivity contribution in [2.75, 3.05) is 9.71 Å². The molecule has 0 spiro atoms. The number of hydrogen-bond donors (Lipinski definition) is 0. The topological polar surface area (TPSA) is 29.9 Å². The van der Waals surface area contributed by atoms with E-state index >= 15 is 0 Å². The summed E-state index contributed by atoms with van der Waals surface area (Å²) in [5.41, 5.74) is 20.9. The second-order valence-electron chi connectivity index (χ2n) is 24.2. The molecule has 0 saturated carbocycles. The molecule has 1 aliphatic carbocycles. The Balaban J connectivity index is 1.21. The first kappa shape index (κ1) is 43.8. The molecule has 352 valence electrons. The number of aromatic nitrogens is 1. The second kappa shape index (κ2) is 14.9. The molecule has 0 amide bonds. The first-order chi connectivity index (χ1) is 33.9. The predicted octanol–water partition coefficient (Wildman–Crippen LogP) is 16.6. The van der Waals surface area contributed by atoms with E-state index in [1.165, 1.54) is 77.5 Å². The van der Waals surface area contributed by atoms with Gasteiger partial charge in [0.1, 0.15) is 0 Å². The van der Waals surface area contributed by atoms with Crippen LogP contribution in [0.1, 0.15) is 110 Å². The van der Waals surface area contributed by atoms with Crippen LogP contribution in [0.2, 0.25) is 0 Å². The number of rotatable bonds is 4. The third kappa shape index (κ3) is 6.59. The average molecular weight is 928 g/mol. The minimum absolute atomic E-state index is 0.00189. The lowest BCUT2D eigenvalue weighted by Gasteiger charge is -2.46. The molecule has 0 radical (unpaired) electrons. The Labute approximate surface area is 419 Å². The van der Waals surface area contributed by atoms with Gasteiger partial charge in [0.25, 0.3) is 0 Å². The van der Waals surface area contributed by atoms with Gasteiger partial charge in [-0.3, -0.25) is 0 Å². The fourth-order valence-electron chi connectivity index (χ4n) is 12.4. The van der Waals surface area contributed by atoms with E-state index in [-0.39, 0.29) is 28.5 Å². The van der Waals surface area contributed by atoms with Crippen molar-refractivity contribution in [2.24, 2.45) is 0 Å². The van der Waals surface area contributed by atoms with Gasteiger partial charge in [0, 0.05) is 56.5 Å². The summed E-state index contributed by atoms with van der Waals surface area (Å²) in [6.45, 7) is 26.0. The fraction of sp³-hybridized carbons (Fsp3) is 0.262. The van der Waals surface area contributed by atoms with Gasteiger partial charge in [0.2, 0.25) is 0 Å². The number of hydrogen-bond acceptors (Lipinski definition) is 4. The predicted molar refractivity (Wildman–Crippen MR) is 299 cm³/mol. The first-order valence-electron chi connectivity index (χ1n) is 25.7. The van der Waals surface area contributed by atoms with Crippen LogP contribution >= 0.6 is 0 Å². The van der Waals surface area contributed by atoms with Crippen LogP contribution in [0.5, 0.6) is 23.0 Å². The Morgan fingerprint density at radius 1 is 0.507 bits per heavy atom. The minimum atomic E-state index is -0.196. The van der Waals surface area contributed by atoms with Crippen LogP contribution in [-0.2, 0) is 21.7 Å². The van der Waals surface area contributed by atoms with Gasteiger partial charge in [-0.25, -0.2) is 0 Å². The molecule has 0 unspecified atom stereocenters. The molecule has 4 heterocycles. The van der Waals surface area contributed by atoms with Crippen LogP contribution in [0, 0.1) is 6.92 Å². The molecule has 4 aliphatic rings. The molecule has 71 heavy (non-hydrogen) atoms. The van der Waals surface area contributed by atoms with Gasteiger partial charge in [0.05, 0.1) is 11.0 Å².